The van der Waals surface area contributed by atoms with Crippen molar-refractivity contribution in [3.05, 3.63) is 87.5 Å². The van der Waals surface area contributed by atoms with Gasteiger partial charge in [-0.1, -0.05) is 48.5 Å². The van der Waals surface area contributed by atoms with E-state index in [1.165, 1.54) is 10.6 Å². The van der Waals surface area contributed by atoms with E-state index in [4.69, 9.17) is 10.7 Å². The molecule has 5 rings (SSSR count). The number of alkyl halides is 3. The van der Waals surface area contributed by atoms with Crippen LogP contribution in [0.15, 0.2) is 59.4 Å². The van der Waals surface area contributed by atoms with Crippen molar-refractivity contribution < 1.29 is 13.2 Å². The number of rotatable bonds is 5. The molecule has 3 heterocycles. The van der Waals surface area contributed by atoms with Gasteiger partial charge in [0.2, 0.25) is 5.95 Å². The Bertz CT molecular complexity index is 1440. The van der Waals surface area contributed by atoms with Gasteiger partial charge in [0.25, 0.3) is 5.56 Å². The number of anilines is 1. The first-order valence-electron chi connectivity index (χ1n) is 11.9. The van der Waals surface area contributed by atoms with E-state index in [1.807, 2.05) is 34.9 Å². The quantitative estimate of drug-likeness (QED) is 0.456. The molecule has 0 bridgehead atoms. The topological polar surface area (TPSA) is 82.0 Å². The molecule has 4 aromatic rings. The molecule has 188 valence electrons. The van der Waals surface area contributed by atoms with Gasteiger partial charge in [0, 0.05) is 32.6 Å². The van der Waals surface area contributed by atoms with Crippen LogP contribution in [-0.2, 0) is 26.2 Å². The number of piperidine rings is 1. The zero-order valence-electron chi connectivity index (χ0n) is 19.9. The molecule has 0 saturated carbocycles. The predicted molar refractivity (Wildman–Crippen MR) is 132 cm³/mol. The summed E-state index contributed by atoms with van der Waals surface area (Å²) >= 11 is 0. The van der Waals surface area contributed by atoms with E-state index in [0.29, 0.717) is 35.9 Å². The molecule has 10 heteroatoms. The number of imidazole rings is 1. The molecule has 7 nitrogen and oxygen atoms in total. The fourth-order valence-corrected chi connectivity index (χ4v) is 4.74. The highest BCUT2D eigenvalue weighted by atomic mass is 19.4. The van der Waals surface area contributed by atoms with Gasteiger partial charge in [-0.15, -0.1) is 0 Å². The van der Waals surface area contributed by atoms with Crippen LogP contribution in [0.25, 0.3) is 11.2 Å². The minimum atomic E-state index is -4.44. The number of fused-ring (bicyclic) bond motifs is 1. The lowest BCUT2D eigenvalue weighted by Gasteiger charge is -2.31. The first-order valence-corrected chi connectivity index (χ1v) is 11.9. The van der Waals surface area contributed by atoms with E-state index in [2.05, 4.69) is 9.88 Å². The molecule has 1 unspecified atom stereocenters. The summed E-state index contributed by atoms with van der Waals surface area (Å²) in [7, 11) is 1.59. The van der Waals surface area contributed by atoms with E-state index < -0.39 is 11.7 Å². The maximum Gasteiger partial charge on any atom is 0.416 e. The van der Waals surface area contributed by atoms with Gasteiger partial charge in [-0.05, 0) is 30.0 Å². The maximum absolute atomic E-state index is 13.6. The Morgan fingerprint density at radius 2 is 1.81 bits per heavy atom. The molecule has 2 aromatic carbocycles. The highest BCUT2D eigenvalue weighted by Gasteiger charge is 2.30. The van der Waals surface area contributed by atoms with E-state index >= 15 is 0 Å². The Morgan fingerprint density at radius 1 is 1.06 bits per heavy atom. The summed E-state index contributed by atoms with van der Waals surface area (Å²) in [5.41, 5.74) is 7.27. The van der Waals surface area contributed by atoms with Crippen LogP contribution in [-0.4, -0.2) is 38.2 Å². The molecule has 2 aromatic heterocycles. The molecule has 2 N–H and O–H groups in total. The van der Waals surface area contributed by atoms with Crippen molar-refractivity contribution in [3.8, 4) is 0 Å². The highest BCUT2D eigenvalue weighted by molar-refractivity contribution is 5.74. The largest absolute Gasteiger partial charge is 0.416 e. The number of hydrogen-bond acceptors (Lipinski definition) is 5. The second-order valence-corrected chi connectivity index (χ2v) is 9.27. The lowest BCUT2D eigenvalue weighted by atomic mass is 10.1. The first kappa shape index (κ1) is 24.1. The second kappa shape index (κ2) is 9.42. The van der Waals surface area contributed by atoms with Crippen molar-refractivity contribution in [3.63, 3.8) is 0 Å². The van der Waals surface area contributed by atoms with Gasteiger partial charge in [0.1, 0.15) is 5.82 Å². The van der Waals surface area contributed by atoms with E-state index in [0.717, 1.165) is 37.1 Å². The minimum Gasteiger partial charge on any atom is -0.341 e. The number of benzene rings is 2. The average molecular weight is 497 g/mol. The summed E-state index contributed by atoms with van der Waals surface area (Å²) in [6.07, 6.45) is -2.53. The number of nitrogens with two attached hydrogens (primary N) is 1. The Kier molecular flexibility index (Phi) is 6.29. The number of nitrogens with zero attached hydrogens (tertiary/aromatic N) is 5. The van der Waals surface area contributed by atoms with Crippen LogP contribution in [0.5, 0.6) is 0 Å². The van der Waals surface area contributed by atoms with Gasteiger partial charge >= 0.3 is 6.18 Å². The monoisotopic (exact) mass is 496 g/mol. The standard InChI is InChI=1S/C26H27F3N6O/c1-33-21(14-18-9-5-10-19(13-18)26(27,28)29)31-23-22(24(33)36)35(15-17-7-3-2-4-8-17)25(32-23)34-12-6-11-20(30)16-34/h2-5,7-10,13,20H,6,11-12,14-16,30H2,1H3. The highest BCUT2D eigenvalue weighted by Crippen LogP contribution is 2.30. The summed E-state index contributed by atoms with van der Waals surface area (Å²) in [5.74, 6) is 0.975. The van der Waals surface area contributed by atoms with Crippen LogP contribution in [0.1, 0.15) is 35.4 Å². The molecular formula is C26H27F3N6O. The fraction of sp³-hybridized carbons (Fsp3) is 0.346. The summed E-state index contributed by atoms with van der Waals surface area (Å²) < 4.78 is 42.9. The molecule has 0 radical (unpaired) electrons. The van der Waals surface area contributed by atoms with Gasteiger partial charge in [0.15, 0.2) is 11.2 Å². The molecule has 1 saturated heterocycles. The zero-order valence-corrected chi connectivity index (χ0v) is 19.9. The molecule has 0 amide bonds. The lowest BCUT2D eigenvalue weighted by Crippen LogP contribution is -2.44. The number of halogens is 3. The third-order valence-electron chi connectivity index (χ3n) is 6.60. The molecule has 1 atom stereocenters. The van der Waals surface area contributed by atoms with Crippen molar-refractivity contribution >= 4 is 17.1 Å². The Balaban J connectivity index is 1.61. The molecule has 1 aliphatic rings. The van der Waals surface area contributed by atoms with Crippen LogP contribution in [0.3, 0.4) is 0 Å². The third kappa shape index (κ3) is 4.73. The third-order valence-corrected chi connectivity index (χ3v) is 6.60. The molecule has 1 aliphatic heterocycles. The van der Waals surface area contributed by atoms with E-state index in [1.54, 1.807) is 13.1 Å². The van der Waals surface area contributed by atoms with Gasteiger partial charge in [0.05, 0.1) is 12.1 Å². The average Bonchev–Trinajstić information content (AvgIpc) is 3.20. The van der Waals surface area contributed by atoms with Crippen molar-refractivity contribution in [1.29, 1.82) is 0 Å². The minimum absolute atomic E-state index is 0.0102. The zero-order chi connectivity index (χ0) is 25.4. The maximum atomic E-state index is 13.6. The molecular weight excluding hydrogens is 469 g/mol. The van der Waals surface area contributed by atoms with Crippen LogP contribution in [0, 0.1) is 0 Å². The lowest BCUT2D eigenvalue weighted by molar-refractivity contribution is -0.137. The second-order valence-electron chi connectivity index (χ2n) is 9.27. The van der Waals surface area contributed by atoms with Crippen molar-refractivity contribution in [2.45, 2.75) is 38.0 Å². The van der Waals surface area contributed by atoms with Crippen LogP contribution in [0.2, 0.25) is 0 Å². The van der Waals surface area contributed by atoms with Gasteiger partial charge in [-0.2, -0.15) is 18.2 Å². The van der Waals surface area contributed by atoms with Crippen LogP contribution >= 0.6 is 0 Å². The molecule has 0 aliphatic carbocycles. The first-order chi connectivity index (χ1) is 17.2. The smallest absolute Gasteiger partial charge is 0.341 e. The van der Waals surface area contributed by atoms with Crippen molar-refractivity contribution in [1.82, 2.24) is 19.1 Å². The summed E-state index contributed by atoms with van der Waals surface area (Å²) in [4.78, 5) is 25.1. The van der Waals surface area contributed by atoms with Crippen LogP contribution in [0.4, 0.5) is 19.1 Å². The normalized spacial score (nSPS) is 16.6. The van der Waals surface area contributed by atoms with Crippen molar-refractivity contribution in [2.24, 2.45) is 12.8 Å². The number of aromatic nitrogens is 4. The summed E-state index contributed by atoms with van der Waals surface area (Å²) in [6, 6.07) is 14.9. The molecule has 1 fully saturated rings. The molecule has 0 spiro atoms. The van der Waals surface area contributed by atoms with Gasteiger partial charge < -0.3 is 10.6 Å². The Hall–Kier alpha value is -3.66. The van der Waals surface area contributed by atoms with E-state index in [9.17, 15) is 18.0 Å². The fourth-order valence-electron chi connectivity index (χ4n) is 4.74. The SMILES string of the molecule is Cn1c(Cc2cccc(C(F)(F)F)c2)nc2nc(N3CCCC(N)C3)n(Cc3ccccc3)c2c1=O. The Labute approximate surface area is 206 Å². The van der Waals surface area contributed by atoms with Gasteiger partial charge in [-0.3, -0.25) is 13.9 Å². The Morgan fingerprint density at radius 3 is 2.53 bits per heavy atom. The summed E-state index contributed by atoms with van der Waals surface area (Å²) in [6.45, 7) is 1.82. The van der Waals surface area contributed by atoms with Crippen molar-refractivity contribution in [2.75, 3.05) is 18.0 Å². The molecule has 36 heavy (non-hydrogen) atoms. The van der Waals surface area contributed by atoms with Gasteiger partial charge in [-0.25, -0.2) is 4.98 Å². The van der Waals surface area contributed by atoms with Crippen LogP contribution < -0.4 is 16.2 Å². The van der Waals surface area contributed by atoms with E-state index in [-0.39, 0.29) is 23.7 Å². The number of hydrogen-bond donors (Lipinski definition) is 1. The summed E-state index contributed by atoms with van der Waals surface area (Å²) in [5, 5.41) is 0. The predicted octanol–water partition coefficient (Wildman–Crippen LogP) is 3.72.